The number of pyridine rings is 1. The van der Waals surface area contributed by atoms with Crippen molar-refractivity contribution in [1.29, 1.82) is 0 Å². The molecule has 2 aromatic rings. The Morgan fingerprint density at radius 1 is 1.14 bits per heavy atom. The first kappa shape index (κ1) is 15.9. The van der Waals surface area contributed by atoms with Gasteiger partial charge in [-0.1, -0.05) is 25.1 Å². The summed E-state index contributed by atoms with van der Waals surface area (Å²) in [6.07, 6.45) is 2.51. The number of nitrogens with zero attached hydrogens (tertiary/aromatic N) is 1. The molecule has 0 radical (unpaired) electrons. The van der Waals surface area contributed by atoms with Gasteiger partial charge in [0.2, 0.25) is 11.8 Å². The topological polar surface area (TPSA) is 71.1 Å². The Balaban J connectivity index is 2.21. The molecule has 0 bridgehead atoms. The molecule has 1 aromatic carbocycles. The quantitative estimate of drug-likeness (QED) is 0.834. The van der Waals surface area contributed by atoms with Crippen LogP contribution in [-0.2, 0) is 9.59 Å². The van der Waals surface area contributed by atoms with Crippen molar-refractivity contribution < 1.29 is 9.59 Å². The third kappa shape index (κ3) is 3.24. The Morgan fingerprint density at radius 2 is 1.86 bits per heavy atom. The molecule has 0 spiro atoms. The molecule has 116 valence electrons. The van der Waals surface area contributed by atoms with Crippen LogP contribution in [0.25, 0.3) is 10.9 Å². The molecule has 0 unspecified atom stereocenters. The molecular weight excluding hydrogens is 278 g/mol. The Labute approximate surface area is 130 Å². The number of carbonyl (C=O) groups excluding carboxylic acids is 2. The smallest absolute Gasteiger partial charge is 0.239 e. The van der Waals surface area contributed by atoms with E-state index in [0.29, 0.717) is 17.7 Å². The number of para-hydroxylation sites is 1. The SMILES string of the molecule is CCCNC(=O)C(C)(C)C(=O)Nc1cccc2cccnc12. The first-order valence-electron chi connectivity index (χ1n) is 7.40. The average molecular weight is 299 g/mol. The second-order valence-electron chi connectivity index (χ2n) is 5.72. The van der Waals surface area contributed by atoms with Crippen LogP contribution in [0.3, 0.4) is 0 Å². The van der Waals surface area contributed by atoms with Gasteiger partial charge in [-0.3, -0.25) is 14.6 Å². The van der Waals surface area contributed by atoms with Gasteiger partial charge < -0.3 is 10.6 Å². The molecule has 5 nitrogen and oxygen atoms in total. The van der Waals surface area contributed by atoms with E-state index in [2.05, 4.69) is 15.6 Å². The first-order valence-corrected chi connectivity index (χ1v) is 7.40. The highest BCUT2D eigenvalue weighted by Gasteiger charge is 2.36. The molecule has 2 N–H and O–H groups in total. The lowest BCUT2D eigenvalue weighted by molar-refractivity contribution is -0.138. The van der Waals surface area contributed by atoms with Crippen molar-refractivity contribution in [3.8, 4) is 0 Å². The molecule has 0 fully saturated rings. The van der Waals surface area contributed by atoms with E-state index >= 15 is 0 Å². The van der Waals surface area contributed by atoms with Crippen molar-refractivity contribution in [3.05, 3.63) is 36.5 Å². The van der Waals surface area contributed by atoms with Crippen LogP contribution in [0.2, 0.25) is 0 Å². The summed E-state index contributed by atoms with van der Waals surface area (Å²) in [5.41, 5.74) is 0.175. The minimum atomic E-state index is -1.15. The van der Waals surface area contributed by atoms with Crippen molar-refractivity contribution in [2.75, 3.05) is 11.9 Å². The number of hydrogen-bond acceptors (Lipinski definition) is 3. The van der Waals surface area contributed by atoms with E-state index in [1.165, 1.54) is 0 Å². The maximum absolute atomic E-state index is 12.5. The molecule has 2 rings (SSSR count). The predicted molar refractivity (Wildman–Crippen MR) is 87.5 cm³/mol. The van der Waals surface area contributed by atoms with Gasteiger partial charge in [0.15, 0.2) is 0 Å². The normalized spacial score (nSPS) is 11.2. The zero-order chi connectivity index (χ0) is 16.2. The summed E-state index contributed by atoms with van der Waals surface area (Å²) < 4.78 is 0. The van der Waals surface area contributed by atoms with Crippen LogP contribution in [0.15, 0.2) is 36.5 Å². The van der Waals surface area contributed by atoms with Crippen molar-refractivity contribution >= 4 is 28.4 Å². The van der Waals surface area contributed by atoms with E-state index in [9.17, 15) is 9.59 Å². The molecule has 0 saturated heterocycles. The Hall–Kier alpha value is -2.43. The van der Waals surface area contributed by atoms with Gasteiger partial charge in [-0.25, -0.2) is 0 Å². The second-order valence-corrected chi connectivity index (χ2v) is 5.72. The summed E-state index contributed by atoms with van der Waals surface area (Å²) in [6, 6.07) is 9.33. The lowest BCUT2D eigenvalue weighted by Crippen LogP contribution is -2.45. The van der Waals surface area contributed by atoms with E-state index < -0.39 is 5.41 Å². The highest BCUT2D eigenvalue weighted by atomic mass is 16.2. The summed E-state index contributed by atoms with van der Waals surface area (Å²) in [7, 11) is 0. The maximum atomic E-state index is 12.5. The molecule has 0 aliphatic rings. The van der Waals surface area contributed by atoms with Crippen LogP contribution in [0.4, 0.5) is 5.69 Å². The zero-order valence-corrected chi connectivity index (χ0v) is 13.1. The zero-order valence-electron chi connectivity index (χ0n) is 13.1. The highest BCUT2D eigenvalue weighted by Crippen LogP contribution is 2.24. The van der Waals surface area contributed by atoms with E-state index in [4.69, 9.17) is 0 Å². The van der Waals surface area contributed by atoms with E-state index in [1.807, 2.05) is 31.2 Å². The van der Waals surface area contributed by atoms with Crippen molar-refractivity contribution in [2.24, 2.45) is 5.41 Å². The average Bonchev–Trinajstić information content (AvgIpc) is 2.52. The molecule has 5 heteroatoms. The number of rotatable bonds is 5. The predicted octanol–water partition coefficient (Wildman–Crippen LogP) is 2.73. The number of nitrogens with one attached hydrogen (secondary N) is 2. The van der Waals surface area contributed by atoms with E-state index in [0.717, 1.165) is 11.8 Å². The fourth-order valence-corrected chi connectivity index (χ4v) is 2.05. The summed E-state index contributed by atoms with van der Waals surface area (Å²) in [5, 5.41) is 6.52. The van der Waals surface area contributed by atoms with Gasteiger partial charge in [0.25, 0.3) is 0 Å². The van der Waals surface area contributed by atoms with Crippen LogP contribution in [0.1, 0.15) is 27.2 Å². The van der Waals surface area contributed by atoms with Crippen molar-refractivity contribution in [1.82, 2.24) is 10.3 Å². The minimum Gasteiger partial charge on any atom is -0.355 e. The van der Waals surface area contributed by atoms with Crippen LogP contribution in [-0.4, -0.2) is 23.3 Å². The molecular formula is C17H21N3O2. The first-order chi connectivity index (χ1) is 10.5. The number of fused-ring (bicyclic) bond motifs is 1. The summed E-state index contributed by atoms with van der Waals surface area (Å²) >= 11 is 0. The largest absolute Gasteiger partial charge is 0.355 e. The molecule has 22 heavy (non-hydrogen) atoms. The molecule has 1 aromatic heterocycles. The van der Waals surface area contributed by atoms with E-state index in [1.54, 1.807) is 26.1 Å². The fourth-order valence-electron chi connectivity index (χ4n) is 2.05. The Bertz CT molecular complexity index is 690. The van der Waals surface area contributed by atoms with E-state index in [-0.39, 0.29) is 11.8 Å². The van der Waals surface area contributed by atoms with Gasteiger partial charge in [-0.05, 0) is 32.4 Å². The highest BCUT2D eigenvalue weighted by molar-refractivity contribution is 6.12. The summed E-state index contributed by atoms with van der Waals surface area (Å²) in [5.74, 6) is -0.626. The molecule has 1 heterocycles. The van der Waals surface area contributed by atoms with Crippen LogP contribution in [0.5, 0.6) is 0 Å². The molecule has 0 saturated carbocycles. The fraction of sp³-hybridized carbons (Fsp3) is 0.353. The van der Waals surface area contributed by atoms with Gasteiger partial charge in [0.1, 0.15) is 5.41 Å². The summed E-state index contributed by atoms with van der Waals surface area (Å²) in [6.45, 7) is 5.76. The third-order valence-electron chi connectivity index (χ3n) is 3.55. The number of benzene rings is 1. The summed E-state index contributed by atoms with van der Waals surface area (Å²) in [4.78, 5) is 28.9. The lowest BCUT2D eigenvalue weighted by atomic mass is 9.91. The number of amides is 2. The van der Waals surface area contributed by atoms with Gasteiger partial charge in [-0.15, -0.1) is 0 Å². The Morgan fingerprint density at radius 3 is 2.59 bits per heavy atom. The molecule has 2 amide bonds. The van der Waals surface area contributed by atoms with Crippen molar-refractivity contribution in [2.45, 2.75) is 27.2 Å². The third-order valence-corrected chi connectivity index (χ3v) is 3.55. The monoisotopic (exact) mass is 299 g/mol. The number of aromatic nitrogens is 1. The number of anilines is 1. The standard InChI is InChI=1S/C17H21N3O2/c1-4-10-19-15(21)17(2,3)16(22)20-13-9-5-7-12-8-6-11-18-14(12)13/h5-9,11H,4,10H2,1-3H3,(H,19,21)(H,20,22). The number of carbonyl (C=O) groups is 2. The van der Waals surface area contributed by atoms with Gasteiger partial charge in [0, 0.05) is 18.1 Å². The van der Waals surface area contributed by atoms with Crippen LogP contribution < -0.4 is 10.6 Å². The number of hydrogen-bond donors (Lipinski definition) is 2. The van der Waals surface area contributed by atoms with Gasteiger partial charge in [0.05, 0.1) is 11.2 Å². The Kier molecular flexibility index (Phi) is 4.75. The molecule has 0 atom stereocenters. The van der Waals surface area contributed by atoms with Crippen molar-refractivity contribution in [3.63, 3.8) is 0 Å². The molecule has 0 aliphatic heterocycles. The maximum Gasteiger partial charge on any atom is 0.239 e. The second kappa shape index (κ2) is 6.56. The van der Waals surface area contributed by atoms with Crippen LogP contribution in [0, 0.1) is 5.41 Å². The lowest BCUT2D eigenvalue weighted by Gasteiger charge is -2.22. The minimum absolute atomic E-state index is 0.278. The van der Waals surface area contributed by atoms with Gasteiger partial charge in [-0.2, -0.15) is 0 Å². The molecule has 0 aliphatic carbocycles. The van der Waals surface area contributed by atoms with Crippen LogP contribution >= 0.6 is 0 Å². The van der Waals surface area contributed by atoms with Gasteiger partial charge >= 0.3 is 0 Å².